The van der Waals surface area contributed by atoms with Crippen LogP contribution in [-0.2, 0) is 31.2 Å². The number of rotatable bonds is 3. The Morgan fingerprint density at radius 3 is 2.79 bits per heavy atom. The monoisotopic (exact) mass is 323 g/mol. The van der Waals surface area contributed by atoms with Gasteiger partial charge in [-0.15, -0.1) is 0 Å². The molecule has 0 atom stereocenters. The van der Waals surface area contributed by atoms with Gasteiger partial charge in [-0.25, -0.2) is 9.59 Å². The summed E-state index contributed by atoms with van der Waals surface area (Å²) in [6.45, 7) is 0.0465. The smallest absolute Gasteiger partial charge is 0.355 e. The van der Waals surface area contributed by atoms with E-state index >= 15 is 0 Å². The van der Waals surface area contributed by atoms with Crippen LogP contribution < -0.4 is 5.63 Å². The minimum absolute atomic E-state index is 0.0465. The SMILES string of the molecule is Cn1cccc1C(=O)OCc1cc(=O)oc2cc3c(cc12)CCC3. The zero-order valence-corrected chi connectivity index (χ0v) is 13.4. The molecule has 1 aliphatic carbocycles. The van der Waals surface area contributed by atoms with Crippen LogP contribution in [0.4, 0.5) is 0 Å². The third kappa shape index (κ3) is 2.52. The number of hydrogen-bond donors (Lipinski definition) is 0. The van der Waals surface area contributed by atoms with Crippen LogP contribution in [0.1, 0.15) is 33.6 Å². The Hall–Kier alpha value is -2.82. The summed E-state index contributed by atoms with van der Waals surface area (Å²) in [7, 11) is 1.78. The van der Waals surface area contributed by atoms with E-state index in [1.807, 2.05) is 6.07 Å². The zero-order valence-electron chi connectivity index (χ0n) is 13.4. The molecule has 0 radical (unpaired) electrons. The number of aryl methyl sites for hydroxylation is 3. The molecule has 2 aromatic heterocycles. The fourth-order valence-corrected chi connectivity index (χ4v) is 3.30. The molecule has 2 heterocycles. The van der Waals surface area contributed by atoms with Crippen molar-refractivity contribution < 1.29 is 13.9 Å². The highest BCUT2D eigenvalue weighted by molar-refractivity contribution is 5.88. The highest BCUT2D eigenvalue weighted by Crippen LogP contribution is 2.28. The van der Waals surface area contributed by atoms with Gasteiger partial charge in [0.25, 0.3) is 0 Å². The molecule has 122 valence electrons. The molecule has 5 nitrogen and oxygen atoms in total. The average molecular weight is 323 g/mol. The van der Waals surface area contributed by atoms with Gasteiger partial charge in [-0.2, -0.15) is 0 Å². The van der Waals surface area contributed by atoms with Crippen LogP contribution >= 0.6 is 0 Å². The molecule has 0 N–H and O–H groups in total. The van der Waals surface area contributed by atoms with E-state index in [-0.39, 0.29) is 6.61 Å². The molecule has 1 aliphatic rings. The number of esters is 1. The molecule has 0 saturated carbocycles. The first kappa shape index (κ1) is 14.8. The maximum atomic E-state index is 12.2. The highest BCUT2D eigenvalue weighted by atomic mass is 16.5. The molecule has 0 aliphatic heterocycles. The average Bonchev–Trinajstić information content (AvgIpc) is 3.18. The molecule has 0 fully saturated rings. The van der Waals surface area contributed by atoms with Gasteiger partial charge in [0.15, 0.2) is 0 Å². The van der Waals surface area contributed by atoms with Crippen molar-refractivity contribution >= 4 is 16.9 Å². The van der Waals surface area contributed by atoms with Gasteiger partial charge in [0.1, 0.15) is 17.9 Å². The van der Waals surface area contributed by atoms with Crippen LogP contribution in [-0.4, -0.2) is 10.5 Å². The lowest BCUT2D eigenvalue weighted by Crippen LogP contribution is -2.11. The first-order valence-corrected chi connectivity index (χ1v) is 7.99. The molecule has 0 unspecified atom stereocenters. The number of benzene rings is 1. The second-order valence-corrected chi connectivity index (χ2v) is 6.14. The number of hydrogen-bond acceptors (Lipinski definition) is 4. The second-order valence-electron chi connectivity index (χ2n) is 6.14. The molecule has 5 heteroatoms. The molecule has 0 amide bonds. The fourth-order valence-electron chi connectivity index (χ4n) is 3.30. The van der Waals surface area contributed by atoms with E-state index in [4.69, 9.17) is 9.15 Å². The van der Waals surface area contributed by atoms with Crippen LogP contribution in [0.3, 0.4) is 0 Å². The number of carbonyl (C=O) groups excluding carboxylic acids is 1. The number of aromatic nitrogens is 1. The van der Waals surface area contributed by atoms with Gasteiger partial charge in [0.2, 0.25) is 0 Å². The Bertz CT molecular complexity index is 996. The van der Waals surface area contributed by atoms with Gasteiger partial charge in [0, 0.05) is 30.3 Å². The summed E-state index contributed by atoms with van der Waals surface area (Å²) in [6.07, 6.45) is 4.95. The third-order valence-electron chi connectivity index (χ3n) is 4.55. The molecule has 0 spiro atoms. The Morgan fingerprint density at radius 2 is 2.04 bits per heavy atom. The maximum absolute atomic E-state index is 12.2. The summed E-state index contributed by atoms with van der Waals surface area (Å²) in [5.41, 5.74) is 3.81. The Balaban J connectivity index is 1.67. The van der Waals surface area contributed by atoms with Crippen LogP contribution in [0.5, 0.6) is 0 Å². The Morgan fingerprint density at radius 1 is 1.25 bits per heavy atom. The summed E-state index contributed by atoms with van der Waals surface area (Å²) in [5, 5.41) is 0.843. The Kier molecular flexibility index (Phi) is 3.49. The van der Waals surface area contributed by atoms with Gasteiger partial charge in [0.05, 0.1) is 0 Å². The van der Waals surface area contributed by atoms with Crippen molar-refractivity contribution in [3.63, 3.8) is 0 Å². The molecule has 0 saturated heterocycles. The first-order chi connectivity index (χ1) is 11.6. The lowest BCUT2D eigenvalue weighted by atomic mass is 10.0. The lowest BCUT2D eigenvalue weighted by Gasteiger charge is -2.09. The molecule has 24 heavy (non-hydrogen) atoms. The number of ether oxygens (including phenoxy) is 1. The topological polar surface area (TPSA) is 61.4 Å². The third-order valence-corrected chi connectivity index (χ3v) is 4.55. The van der Waals surface area contributed by atoms with Crippen LogP contribution in [0, 0.1) is 0 Å². The molecule has 3 aromatic rings. The highest BCUT2D eigenvalue weighted by Gasteiger charge is 2.16. The van der Waals surface area contributed by atoms with E-state index in [9.17, 15) is 9.59 Å². The second kappa shape index (κ2) is 5.67. The number of carbonyl (C=O) groups is 1. The van der Waals surface area contributed by atoms with Crippen molar-refractivity contribution in [2.45, 2.75) is 25.9 Å². The van der Waals surface area contributed by atoms with Crippen LogP contribution in [0.2, 0.25) is 0 Å². The summed E-state index contributed by atoms with van der Waals surface area (Å²) >= 11 is 0. The number of fused-ring (bicyclic) bond motifs is 2. The lowest BCUT2D eigenvalue weighted by molar-refractivity contribution is 0.0462. The summed E-state index contributed by atoms with van der Waals surface area (Å²) in [4.78, 5) is 24.0. The number of nitrogens with zero attached hydrogens (tertiary/aromatic N) is 1. The van der Waals surface area contributed by atoms with Crippen molar-refractivity contribution in [3.05, 3.63) is 69.3 Å². The zero-order chi connectivity index (χ0) is 16.7. The van der Waals surface area contributed by atoms with Crippen molar-refractivity contribution in [2.75, 3.05) is 0 Å². The normalized spacial score (nSPS) is 13.2. The molecular weight excluding hydrogens is 306 g/mol. The van der Waals surface area contributed by atoms with Gasteiger partial charge in [-0.1, -0.05) is 0 Å². The van der Waals surface area contributed by atoms with E-state index in [1.165, 1.54) is 17.2 Å². The summed E-state index contributed by atoms with van der Waals surface area (Å²) in [5.74, 6) is -0.412. The van der Waals surface area contributed by atoms with Crippen molar-refractivity contribution in [1.29, 1.82) is 0 Å². The minimum Gasteiger partial charge on any atom is -0.456 e. The molecule has 0 bridgehead atoms. The fraction of sp³-hybridized carbons (Fsp3) is 0.263. The predicted octanol–water partition coefficient (Wildman–Crippen LogP) is 2.98. The molecule has 4 rings (SSSR count). The van der Waals surface area contributed by atoms with Crippen LogP contribution in [0.15, 0.2) is 45.7 Å². The van der Waals surface area contributed by atoms with Gasteiger partial charge in [-0.3, -0.25) is 0 Å². The van der Waals surface area contributed by atoms with Crippen LogP contribution in [0.25, 0.3) is 11.0 Å². The first-order valence-electron chi connectivity index (χ1n) is 7.99. The van der Waals surface area contributed by atoms with E-state index < -0.39 is 11.6 Å². The Labute approximate surface area is 138 Å². The summed E-state index contributed by atoms with van der Waals surface area (Å²) < 4.78 is 12.4. The standard InChI is InChI=1S/C19H17NO4/c1-20-7-3-6-16(20)19(22)23-11-14-10-18(21)24-17-9-13-5-2-4-12(13)8-15(14)17/h3,6-10H,2,4-5,11H2,1H3. The maximum Gasteiger partial charge on any atom is 0.355 e. The van der Waals surface area contributed by atoms with E-state index in [0.717, 1.165) is 24.6 Å². The van der Waals surface area contributed by atoms with Gasteiger partial charge in [-0.05, 0) is 54.7 Å². The van der Waals surface area contributed by atoms with E-state index in [1.54, 1.807) is 29.9 Å². The van der Waals surface area contributed by atoms with Crippen molar-refractivity contribution in [1.82, 2.24) is 4.57 Å². The van der Waals surface area contributed by atoms with E-state index in [2.05, 4.69) is 6.07 Å². The van der Waals surface area contributed by atoms with Gasteiger partial charge >= 0.3 is 11.6 Å². The predicted molar refractivity (Wildman–Crippen MR) is 89.0 cm³/mol. The molecule has 1 aromatic carbocycles. The quantitative estimate of drug-likeness (QED) is 0.549. The minimum atomic E-state index is -0.426. The van der Waals surface area contributed by atoms with E-state index in [0.29, 0.717) is 16.8 Å². The van der Waals surface area contributed by atoms with Crippen molar-refractivity contribution in [2.24, 2.45) is 7.05 Å². The largest absolute Gasteiger partial charge is 0.456 e. The van der Waals surface area contributed by atoms with Crippen molar-refractivity contribution in [3.8, 4) is 0 Å². The summed E-state index contributed by atoms with van der Waals surface area (Å²) in [6, 6.07) is 8.90. The van der Waals surface area contributed by atoms with Gasteiger partial charge < -0.3 is 13.7 Å². The molecular formula is C19H17NO4.